The molecule has 33 heavy (non-hydrogen) atoms. The van der Waals surface area contributed by atoms with E-state index in [1.165, 1.54) is 37.8 Å². The minimum absolute atomic E-state index is 0.0945. The lowest BCUT2D eigenvalue weighted by molar-refractivity contribution is 0.425. The third-order valence-corrected chi connectivity index (χ3v) is 6.73. The highest BCUT2D eigenvalue weighted by Gasteiger charge is 2.23. The molecule has 0 aliphatic heterocycles. The van der Waals surface area contributed by atoms with E-state index >= 15 is 0 Å². The van der Waals surface area contributed by atoms with Crippen LogP contribution in [0.3, 0.4) is 0 Å². The largest absolute Gasteiger partial charge is 0.328 e. The molecule has 0 unspecified atom stereocenters. The number of hydrogen-bond acceptors (Lipinski definition) is 4. The summed E-state index contributed by atoms with van der Waals surface area (Å²) in [5.74, 6) is 1.06. The summed E-state index contributed by atoms with van der Waals surface area (Å²) in [6, 6.07) is 16.7. The van der Waals surface area contributed by atoms with Crippen molar-refractivity contribution < 1.29 is 0 Å². The van der Waals surface area contributed by atoms with Crippen LogP contribution in [0.4, 0.5) is 0 Å². The van der Waals surface area contributed by atoms with Gasteiger partial charge in [0.25, 0.3) is 0 Å². The highest BCUT2D eigenvalue weighted by molar-refractivity contribution is 5.80. The molecule has 0 amide bonds. The lowest BCUT2D eigenvalue weighted by Gasteiger charge is -2.22. The standard InChI is InChI=1S/C26H30N6O/c1-18(2)31-17-24(21-8-4-3-5-9-21)32(26(31)33)16-19-12-14-20(15-13-19)22-10-6-7-11-23(22)25-27-29-30-28-25/h6-7,10-15,17-18,21H,3-5,8-9,16H2,1-2H3,(H,27,28,29,30). The Bertz CT molecular complexity index is 1260. The van der Waals surface area contributed by atoms with Crippen molar-refractivity contribution in [2.45, 2.75) is 64.5 Å². The zero-order valence-corrected chi connectivity index (χ0v) is 19.2. The van der Waals surface area contributed by atoms with E-state index in [-0.39, 0.29) is 11.7 Å². The Morgan fingerprint density at radius 2 is 1.73 bits per heavy atom. The van der Waals surface area contributed by atoms with Crippen molar-refractivity contribution >= 4 is 0 Å². The van der Waals surface area contributed by atoms with Crippen molar-refractivity contribution in [2.24, 2.45) is 0 Å². The number of nitrogens with one attached hydrogen (secondary N) is 1. The first kappa shape index (κ1) is 21.4. The van der Waals surface area contributed by atoms with Gasteiger partial charge in [-0.15, -0.1) is 10.2 Å². The van der Waals surface area contributed by atoms with E-state index in [1.807, 2.05) is 27.3 Å². The molecular weight excluding hydrogens is 412 g/mol. The maximum atomic E-state index is 13.2. The first-order valence-electron chi connectivity index (χ1n) is 11.9. The SMILES string of the molecule is CC(C)n1cc(C2CCCCC2)n(Cc2ccc(-c3ccccc3-c3nn[nH]n3)cc2)c1=O. The zero-order chi connectivity index (χ0) is 22.8. The number of aromatic nitrogens is 6. The summed E-state index contributed by atoms with van der Waals surface area (Å²) in [5.41, 5.74) is 5.48. The van der Waals surface area contributed by atoms with E-state index in [1.54, 1.807) is 0 Å². The van der Waals surface area contributed by atoms with Crippen LogP contribution in [0.15, 0.2) is 59.5 Å². The fraction of sp³-hybridized carbons (Fsp3) is 0.385. The minimum Gasteiger partial charge on any atom is -0.296 e. The summed E-state index contributed by atoms with van der Waals surface area (Å²) in [6.07, 6.45) is 8.26. The number of tetrazole rings is 1. The molecule has 7 nitrogen and oxygen atoms in total. The van der Waals surface area contributed by atoms with Crippen molar-refractivity contribution in [3.63, 3.8) is 0 Å². The van der Waals surface area contributed by atoms with Crippen LogP contribution in [0.2, 0.25) is 0 Å². The molecule has 2 aromatic carbocycles. The van der Waals surface area contributed by atoms with E-state index in [0.29, 0.717) is 18.3 Å². The van der Waals surface area contributed by atoms with Gasteiger partial charge >= 0.3 is 5.69 Å². The number of nitrogens with zero attached hydrogens (tertiary/aromatic N) is 5. The number of imidazole rings is 1. The van der Waals surface area contributed by atoms with Crippen molar-refractivity contribution in [2.75, 3.05) is 0 Å². The van der Waals surface area contributed by atoms with Gasteiger partial charge in [0.1, 0.15) is 0 Å². The summed E-state index contributed by atoms with van der Waals surface area (Å²) in [4.78, 5) is 13.2. The fourth-order valence-corrected chi connectivity index (χ4v) is 4.95. The van der Waals surface area contributed by atoms with Crippen LogP contribution in [0.25, 0.3) is 22.5 Å². The third kappa shape index (κ3) is 4.27. The monoisotopic (exact) mass is 442 g/mol. The molecule has 1 aliphatic carbocycles. The summed E-state index contributed by atoms with van der Waals surface area (Å²) >= 11 is 0. The minimum atomic E-state index is 0.0945. The first-order valence-corrected chi connectivity index (χ1v) is 11.9. The van der Waals surface area contributed by atoms with E-state index in [0.717, 1.165) is 22.3 Å². The van der Waals surface area contributed by atoms with Crippen molar-refractivity contribution in [3.8, 4) is 22.5 Å². The van der Waals surface area contributed by atoms with Crippen LogP contribution in [0.1, 0.15) is 69.2 Å². The molecule has 0 atom stereocenters. The average Bonchev–Trinajstić information content (AvgIpc) is 3.49. The van der Waals surface area contributed by atoms with Crippen LogP contribution in [-0.2, 0) is 6.54 Å². The predicted molar refractivity (Wildman–Crippen MR) is 129 cm³/mol. The molecule has 0 radical (unpaired) electrons. The molecule has 4 aromatic rings. The van der Waals surface area contributed by atoms with Crippen LogP contribution >= 0.6 is 0 Å². The topological polar surface area (TPSA) is 81.4 Å². The summed E-state index contributed by atoms with van der Waals surface area (Å²) in [5, 5.41) is 14.5. The molecule has 1 N–H and O–H groups in total. The Morgan fingerprint density at radius 1 is 1.00 bits per heavy atom. The first-order chi connectivity index (χ1) is 16.1. The third-order valence-electron chi connectivity index (χ3n) is 6.73. The maximum Gasteiger partial charge on any atom is 0.328 e. The van der Waals surface area contributed by atoms with Crippen LogP contribution in [-0.4, -0.2) is 29.8 Å². The number of aromatic amines is 1. The molecule has 1 aliphatic rings. The molecule has 1 fully saturated rings. The smallest absolute Gasteiger partial charge is 0.296 e. The summed E-state index contributed by atoms with van der Waals surface area (Å²) in [6.45, 7) is 4.75. The highest BCUT2D eigenvalue weighted by atomic mass is 16.1. The molecule has 0 saturated heterocycles. The number of H-pyrrole nitrogens is 1. The Hall–Kier alpha value is -3.48. The Kier molecular flexibility index (Phi) is 5.94. The summed E-state index contributed by atoms with van der Waals surface area (Å²) < 4.78 is 3.89. The van der Waals surface area contributed by atoms with Gasteiger partial charge in [-0.25, -0.2) is 4.79 Å². The van der Waals surface area contributed by atoms with Crippen molar-refractivity contribution in [1.29, 1.82) is 0 Å². The van der Waals surface area contributed by atoms with E-state index < -0.39 is 0 Å². The van der Waals surface area contributed by atoms with Gasteiger partial charge in [0.2, 0.25) is 5.82 Å². The Labute approximate surface area is 193 Å². The van der Waals surface area contributed by atoms with E-state index in [9.17, 15) is 4.79 Å². The number of benzene rings is 2. The molecule has 0 spiro atoms. The van der Waals surface area contributed by atoms with Gasteiger partial charge < -0.3 is 0 Å². The maximum absolute atomic E-state index is 13.2. The normalized spacial score (nSPS) is 14.8. The lowest BCUT2D eigenvalue weighted by Crippen LogP contribution is -2.27. The predicted octanol–water partition coefficient (Wildman–Crippen LogP) is 5.17. The molecule has 2 aromatic heterocycles. The van der Waals surface area contributed by atoms with E-state index in [2.05, 4.69) is 71.0 Å². The molecule has 1 saturated carbocycles. The molecule has 2 heterocycles. The molecule has 170 valence electrons. The highest BCUT2D eigenvalue weighted by Crippen LogP contribution is 2.33. The molecule has 7 heteroatoms. The summed E-state index contributed by atoms with van der Waals surface area (Å²) in [7, 11) is 0. The van der Waals surface area contributed by atoms with Gasteiger partial charge in [-0.1, -0.05) is 67.8 Å². The van der Waals surface area contributed by atoms with Gasteiger partial charge in [-0.05, 0) is 48.6 Å². The zero-order valence-electron chi connectivity index (χ0n) is 19.2. The number of hydrogen-bond donors (Lipinski definition) is 1. The lowest BCUT2D eigenvalue weighted by atomic mass is 9.87. The van der Waals surface area contributed by atoms with Crippen molar-refractivity contribution in [3.05, 3.63) is 76.5 Å². The quantitative estimate of drug-likeness (QED) is 0.446. The van der Waals surface area contributed by atoms with Gasteiger partial charge in [0, 0.05) is 29.4 Å². The average molecular weight is 443 g/mol. The van der Waals surface area contributed by atoms with Gasteiger partial charge in [-0.2, -0.15) is 5.21 Å². The molecule has 5 rings (SSSR count). The molecular formula is C26H30N6O. The van der Waals surface area contributed by atoms with Gasteiger partial charge in [-0.3, -0.25) is 9.13 Å². The second kappa shape index (κ2) is 9.17. The number of rotatable bonds is 6. The Balaban J connectivity index is 1.46. The van der Waals surface area contributed by atoms with Crippen LogP contribution in [0, 0.1) is 0 Å². The van der Waals surface area contributed by atoms with E-state index in [4.69, 9.17) is 0 Å². The second-order valence-electron chi connectivity index (χ2n) is 9.24. The molecule has 0 bridgehead atoms. The van der Waals surface area contributed by atoms with Crippen molar-refractivity contribution in [1.82, 2.24) is 29.8 Å². The second-order valence-corrected chi connectivity index (χ2v) is 9.24. The van der Waals surface area contributed by atoms with Crippen LogP contribution in [0.5, 0.6) is 0 Å². The Morgan fingerprint density at radius 3 is 2.39 bits per heavy atom. The van der Waals surface area contributed by atoms with Gasteiger partial charge in [0.15, 0.2) is 0 Å². The fourth-order valence-electron chi connectivity index (χ4n) is 4.95. The van der Waals surface area contributed by atoms with Crippen LogP contribution < -0.4 is 5.69 Å². The van der Waals surface area contributed by atoms with Gasteiger partial charge in [0.05, 0.1) is 6.54 Å².